The van der Waals surface area contributed by atoms with Gasteiger partial charge in [-0.2, -0.15) is 0 Å². The van der Waals surface area contributed by atoms with Crippen molar-refractivity contribution in [3.63, 3.8) is 0 Å². The zero-order valence-electron chi connectivity index (χ0n) is 18.5. The molecule has 0 saturated carbocycles. The van der Waals surface area contributed by atoms with Crippen LogP contribution in [0.2, 0.25) is 0 Å². The molecule has 1 aliphatic heterocycles. The van der Waals surface area contributed by atoms with Gasteiger partial charge in [-0.15, -0.1) is 0 Å². The van der Waals surface area contributed by atoms with Crippen molar-refractivity contribution in [2.75, 3.05) is 24.5 Å². The number of H-pyrrole nitrogens is 1. The van der Waals surface area contributed by atoms with Crippen LogP contribution >= 0.6 is 0 Å². The van der Waals surface area contributed by atoms with Crippen molar-refractivity contribution in [2.24, 2.45) is 0 Å². The van der Waals surface area contributed by atoms with Crippen LogP contribution in [0.25, 0.3) is 27.8 Å². The number of nitrogens with zero attached hydrogens (tertiary/aromatic N) is 4. The average molecular weight is 444 g/mol. The number of aliphatic hydroxyl groups is 1. The molecule has 0 spiro atoms. The zero-order chi connectivity index (χ0) is 23.2. The van der Waals surface area contributed by atoms with Gasteiger partial charge < -0.3 is 19.6 Å². The molecule has 3 heterocycles. The molecule has 1 saturated heterocycles. The molecule has 168 valence electrons. The van der Waals surface area contributed by atoms with Gasteiger partial charge in [0.05, 0.1) is 23.9 Å². The Morgan fingerprint density at radius 3 is 2.42 bits per heavy atom. The Morgan fingerprint density at radius 2 is 1.73 bits per heavy atom. The number of hydrogen-bond acceptors (Lipinski definition) is 4. The van der Waals surface area contributed by atoms with Crippen molar-refractivity contribution >= 4 is 22.8 Å². The molecule has 1 aliphatic rings. The second kappa shape index (κ2) is 7.90. The number of amides is 2. The summed E-state index contributed by atoms with van der Waals surface area (Å²) in [5.41, 5.74) is 2.76. The maximum atomic E-state index is 12.8. The lowest BCUT2D eigenvalue weighted by atomic mass is 10.1. The van der Waals surface area contributed by atoms with Crippen LogP contribution in [0.3, 0.4) is 0 Å². The number of hydrogen-bond donors (Lipinski definition) is 2. The largest absolute Gasteiger partial charge is 0.389 e. The minimum Gasteiger partial charge on any atom is -0.389 e. The maximum Gasteiger partial charge on any atom is 0.324 e. The van der Waals surface area contributed by atoms with Gasteiger partial charge in [-0.1, -0.05) is 30.3 Å². The first-order valence-corrected chi connectivity index (χ1v) is 10.9. The van der Waals surface area contributed by atoms with Crippen LogP contribution in [0, 0.1) is 0 Å². The van der Waals surface area contributed by atoms with E-state index < -0.39 is 5.60 Å². The third-order valence-corrected chi connectivity index (χ3v) is 5.79. The van der Waals surface area contributed by atoms with Crippen molar-refractivity contribution in [3.8, 4) is 16.8 Å². The Morgan fingerprint density at radius 1 is 1.00 bits per heavy atom. The first-order chi connectivity index (χ1) is 15.8. The fourth-order valence-corrected chi connectivity index (χ4v) is 4.33. The highest BCUT2D eigenvalue weighted by Gasteiger charge is 2.32. The summed E-state index contributed by atoms with van der Waals surface area (Å²) < 4.78 is 1.91. The lowest BCUT2D eigenvalue weighted by molar-refractivity contribution is 0.0526. The average Bonchev–Trinajstić information content (AvgIpc) is 3.35. The van der Waals surface area contributed by atoms with Gasteiger partial charge in [-0.25, -0.2) is 9.78 Å². The van der Waals surface area contributed by atoms with E-state index in [1.807, 2.05) is 65.4 Å². The highest BCUT2D eigenvalue weighted by molar-refractivity contribution is 5.96. The Bertz CT molecular complexity index is 1370. The molecule has 4 aromatic rings. The fourth-order valence-electron chi connectivity index (χ4n) is 4.33. The molecule has 2 aromatic heterocycles. The summed E-state index contributed by atoms with van der Waals surface area (Å²) in [6.07, 6.45) is 3.33. The number of rotatable bonds is 5. The maximum absolute atomic E-state index is 12.8. The quantitative estimate of drug-likeness (QED) is 0.494. The van der Waals surface area contributed by atoms with Gasteiger partial charge in [-0.3, -0.25) is 9.69 Å². The molecule has 0 radical (unpaired) electrons. The monoisotopic (exact) mass is 443 g/mol. The highest BCUT2D eigenvalue weighted by Crippen LogP contribution is 2.31. The first-order valence-electron chi connectivity index (χ1n) is 10.9. The molecule has 8 heteroatoms. The van der Waals surface area contributed by atoms with Crippen LogP contribution in [0.1, 0.15) is 13.8 Å². The lowest BCUT2D eigenvalue weighted by Crippen LogP contribution is -2.41. The smallest absolute Gasteiger partial charge is 0.324 e. The Kier molecular flexibility index (Phi) is 5.02. The summed E-state index contributed by atoms with van der Waals surface area (Å²) in [7, 11) is 0. The summed E-state index contributed by atoms with van der Waals surface area (Å²) in [5, 5.41) is 10.6. The van der Waals surface area contributed by atoms with Gasteiger partial charge in [0.1, 0.15) is 0 Å². The minimum absolute atomic E-state index is 0.119. The van der Waals surface area contributed by atoms with Crippen LogP contribution < -0.4 is 10.5 Å². The van der Waals surface area contributed by atoms with Crippen molar-refractivity contribution in [1.29, 1.82) is 0 Å². The standard InChI is InChI=1S/C25H25N5O3/c1-25(2,33)15-28-12-13-29(24(28)32)19-10-8-17(9-11-19)20-14-30(18-6-4-3-5-7-18)22-21(20)23(31)27-16-26-22/h3-11,14,16,33H,12-13,15H2,1-2H3,(H,26,27,31). The van der Waals surface area contributed by atoms with E-state index in [0.29, 0.717) is 24.1 Å². The topological polar surface area (TPSA) is 94.5 Å². The fraction of sp³-hybridized carbons (Fsp3) is 0.240. The van der Waals surface area contributed by atoms with Crippen molar-refractivity contribution in [2.45, 2.75) is 19.4 Å². The number of β-amino-alcohol motifs (C(OH)–C–C–N with tert-alkyl or cyclic N) is 1. The van der Waals surface area contributed by atoms with Gasteiger partial charge in [0.25, 0.3) is 5.56 Å². The lowest BCUT2D eigenvalue weighted by Gasteiger charge is -2.25. The molecule has 0 bridgehead atoms. The molecule has 0 unspecified atom stereocenters. The van der Waals surface area contributed by atoms with Crippen LogP contribution in [0.4, 0.5) is 10.5 Å². The van der Waals surface area contributed by atoms with Gasteiger partial charge in [0.2, 0.25) is 0 Å². The van der Waals surface area contributed by atoms with Crippen molar-refractivity contribution in [1.82, 2.24) is 19.4 Å². The summed E-state index contributed by atoms with van der Waals surface area (Å²) in [6, 6.07) is 17.2. The van der Waals surface area contributed by atoms with Crippen molar-refractivity contribution in [3.05, 3.63) is 77.5 Å². The Labute approximate surface area is 190 Å². The van der Waals surface area contributed by atoms with Crippen LogP contribution in [-0.4, -0.2) is 55.8 Å². The molecule has 0 aliphatic carbocycles. The van der Waals surface area contributed by atoms with E-state index in [1.54, 1.807) is 23.6 Å². The van der Waals surface area contributed by atoms with E-state index in [4.69, 9.17) is 0 Å². The van der Waals surface area contributed by atoms with Crippen LogP contribution in [-0.2, 0) is 0 Å². The summed E-state index contributed by atoms with van der Waals surface area (Å²) in [5.74, 6) is 0. The van der Waals surface area contributed by atoms with Gasteiger partial charge in [0, 0.05) is 36.2 Å². The third-order valence-electron chi connectivity index (χ3n) is 5.79. The molecule has 1 fully saturated rings. The summed E-state index contributed by atoms with van der Waals surface area (Å²) >= 11 is 0. The SMILES string of the molecule is CC(C)(O)CN1CCN(c2ccc(-c3cn(-c4ccccc4)c4nc[nH]c(=O)c34)cc2)C1=O. The van der Waals surface area contributed by atoms with E-state index >= 15 is 0 Å². The molecule has 0 atom stereocenters. The Balaban J connectivity index is 1.50. The second-order valence-electron chi connectivity index (χ2n) is 8.89. The molecule has 5 rings (SSSR count). The van der Waals surface area contributed by atoms with E-state index in [1.165, 1.54) is 6.33 Å². The number of aromatic amines is 1. The van der Waals surface area contributed by atoms with Crippen LogP contribution in [0.5, 0.6) is 0 Å². The number of anilines is 1. The molecular formula is C25H25N5O3. The molecule has 2 aromatic carbocycles. The number of carbonyl (C=O) groups excluding carboxylic acids is 1. The molecule has 8 nitrogen and oxygen atoms in total. The van der Waals surface area contributed by atoms with E-state index in [2.05, 4.69) is 9.97 Å². The van der Waals surface area contributed by atoms with Gasteiger partial charge in [0.15, 0.2) is 5.65 Å². The van der Waals surface area contributed by atoms with Gasteiger partial charge >= 0.3 is 6.03 Å². The number of fused-ring (bicyclic) bond motifs is 1. The molecule has 2 N–H and O–H groups in total. The van der Waals surface area contributed by atoms with Crippen LogP contribution in [0.15, 0.2) is 71.9 Å². The van der Waals surface area contributed by atoms with E-state index in [0.717, 1.165) is 22.5 Å². The van der Waals surface area contributed by atoms with Crippen molar-refractivity contribution < 1.29 is 9.90 Å². The minimum atomic E-state index is -0.941. The van der Waals surface area contributed by atoms with Gasteiger partial charge in [-0.05, 0) is 43.7 Å². The van der Waals surface area contributed by atoms with E-state index in [9.17, 15) is 14.7 Å². The predicted molar refractivity (Wildman–Crippen MR) is 128 cm³/mol. The van der Waals surface area contributed by atoms with E-state index in [-0.39, 0.29) is 18.1 Å². The summed E-state index contributed by atoms with van der Waals surface area (Å²) in [6.45, 7) is 4.80. The number of aromatic nitrogens is 3. The normalized spacial score (nSPS) is 14.5. The first kappa shape index (κ1) is 21.0. The third kappa shape index (κ3) is 3.89. The number of nitrogens with one attached hydrogen (secondary N) is 1. The molecule has 2 amide bonds. The second-order valence-corrected chi connectivity index (χ2v) is 8.89. The number of carbonyl (C=O) groups is 1. The number of benzene rings is 2. The number of urea groups is 1. The number of para-hydroxylation sites is 1. The molecular weight excluding hydrogens is 418 g/mol. The zero-order valence-corrected chi connectivity index (χ0v) is 18.5. The Hall–Kier alpha value is -3.91. The summed E-state index contributed by atoms with van der Waals surface area (Å²) in [4.78, 5) is 36.0. The predicted octanol–water partition coefficient (Wildman–Crippen LogP) is 3.39. The highest BCUT2D eigenvalue weighted by atomic mass is 16.3. The molecule has 33 heavy (non-hydrogen) atoms.